The number of carboxylic acid groups (broad SMARTS) is 1. The predicted octanol–water partition coefficient (Wildman–Crippen LogP) is 4.27. The van der Waals surface area contributed by atoms with E-state index < -0.39 is 11.4 Å². The van der Waals surface area contributed by atoms with Crippen LogP contribution >= 0.6 is 11.6 Å². The van der Waals surface area contributed by atoms with Gasteiger partial charge in [0.15, 0.2) is 0 Å². The van der Waals surface area contributed by atoms with Crippen LogP contribution in [0.15, 0.2) is 48.5 Å². The Kier molecular flexibility index (Phi) is 5.62. The summed E-state index contributed by atoms with van der Waals surface area (Å²) in [5.74, 6) is -0.978. The normalized spacial score (nSPS) is 11.1. The zero-order valence-electron chi connectivity index (χ0n) is 13.7. The van der Waals surface area contributed by atoms with Crippen molar-refractivity contribution in [3.63, 3.8) is 0 Å². The number of carboxylic acids is 1. The summed E-state index contributed by atoms with van der Waals surface area (Å²) in [4.78, 5) is 23.3. The number of hydrogen-bond donors (Lipinski definition) is 2. The summed E-state index contributed by atoms with van der Waals surface area (Å²) in [5, 5.41) is 12.3. The maximum absolute atomic E-state index is 12.7. The second-order valence-electron chi connectivity index (χ2n) is 6.18. The number of nitrogens with one attached hydrogen (secondary N) is 1. The second kappa shape index (κ2) is 7.49. The van der Waals surface area contributed by atoms with Crippen molar-refractivity contribution in [2.45, 2.75) is 32.1 Å². The molecule has 0 saturated carbocycles. The highest BCUT2D eigenvalue weighted by molar-refractivity contribution is 6.30. The predicted molar refractivity (Wildman–Crippen MR) is 95.5 cm³/mol. The Morgan fingerprint density at radius 3 is 2.42 bits per heavy atom. The van der Waals surface area contributed by atoms with Crippen molar-refractivity contribution in [3.05, 3.63) is 64.7 Å². The summed E-state index contributed by atoms with van der Waals surface area (Å²) in [6, 6.07) is 14.5. The lowest BCUT2D eigenvalue weighted by Gasteiger charge is -2.24. The van der Waals surface area contributed by atoms with Gasteiger partial charge in [0.2, 0.25) is 5.91 Å². The summed E-state index contributed by atoms with van der Waals surface area (Å²) in [6.07, 6.45) is 0.493. The van der Waals surface area contributed by atoms with E-state index in [-0.39, 0.29) is 12.3 Å². The molecule has 2 aromatic carbocycles. The molecule has 0 aliphatic heterocycles. The van der Waals surface area contributed by atoms with E-state index >= 15 is 0 Å². The van der Waals surface area contributed by atoms with E-state index in [0.29, 0.717) is 17.1 Å². The van der Waals surface area contributed by atoms with Gasteiger partial charge in [0.1, 0.15) is 0 Å². The van der Waals surface area contributed by atoms with E-state index in [1.807, 2.05) is 38.1 Å². The Bertz CT molecular complexity index is 739. The topological polar surface area (TPSA) is 66.4 Å². The lowest BCUT2D eigenvalue weighted by atomic mass is 9.83. The number of anilines is 1. The molecule has 0 aliphatic carbocycles. The molecule has 0 unspecified atom stereocenters. The molecule has 0 saturated heterocycles. The molecule has 0 fully saturated rings. The molecule has 0 bridgehead atoms. The number of carbonyl (C=O) groups excluding carboxylic acids is 1. The standard InChI is InChI=1S/C19H20ClNO3/c1-19(2,14-7-9-15(20)10-8-14)18(24)21-16-5-3-4-13(12-16)6-11-17(22)23/h3-5,7-10,12H,6,11H2,1-2H3,(H,21,24)(H,22,23). The van der Waals surface area contributed by atoms with Crippen LogP contribution in [-0.4, -0.2) is 17.0 Å². The van der Waals surface area contributed by atoms with Gasteiger partial charge in [-0.2, -0.15) is 0 Å². The van der Waals surface area contributed by atoms with E-state index in [1.165, 1.54) is 0 Å². The van der Waals surface area contributed by atoms with Crippen molar-refractivity contribution in [3.8, 4) is 0 Å². The van der Waals surface area contributed by atoms with Crippen molar-refractivity contribution >= 4 is 29.2 Å². The molecule has 0 heterocycles. The summed E-state index contributed by atoms with van der Waals surface area (Å²) in [6.45, 7) is 3.69. The average Bonchev–Trinajstić information content (AvgIpc) is 2.53. The highest BCUT2D eigenvalue weighted by Crippen LogP contribution is 2.26. The first-order valence-electron chi connectivity index (χ1n) is 7.67. The monoisotopic (exact) mass is 345 g/mol. The molecule has 24 heavy (non-hydrogen) atoms. The number of aryl methyl sites for hydroxylation is 1. The van der Waals surface area contributed by atoms with Crippen LogP contribution in [0.25, 0.3) is 0 Å². The van der Waals surface area contributed by atoms with Crippen molar-refractivity contribution in [2.24, 2.45) is 0 Å². The van der Waals surface area contributed by atoms with Gasteiger partial charge >= 0.3 is 5.97 Å². The van der Waals surface area contributed by atoms with Crippen molar-refractivity contribution in [1.29, 1.82) is 0 Å². The molecule has 0 atom stereocenters. The molecule has 2 N–H and O–H groups in total. The SMILES string of the molecule is CC(C)(C(=O)Nc1cccc(CCC(=O)O)c1)c1ccc(Cl)cc1. The summed E-state index contributed by atoms with van der Waals surface area (Å²) < 4.78 is 0. The number of halogens is 1. The minimum absolute atomic E-state index is 0.0632. The maximum atomic E-state index is 12.7. The molecular formula is C19H20ClNO3. The Hall–Kier alpha value is -2.33. The molecule has 0 spiro atoms. The molecule has 126 valence electrons. The van der Waals surface area contributed by atoms with Crippen molar-refractivity contribution < 1.29 is 14.7 Å². The van der Waals surface area contributed by atoms with E-state index in [2.05, 4.69) is 5.32 Å². The lowest BCUT2D eigenvalue weighted by molar-refractivity contribution is -0.137. The maximum Gasteiger partial charge on any atom is 0.303 e. The summed E-state index contributed by atoms with van der Waals surface area (Å²) in [7, 11) is 0. The first kappa shape index (κ1) is 18.0. The number of amides is 1. The van der Waals surface area contributed by atoms with Gasteiger partial charge in [0, 0.05) is 17.1 Å². The smallest absolute Gasteiger partial charge is 0.303 e. The molecule has 5 heteroatoms. The summed E-state index contributed by atoms with van der Waals surface area (Å²) in [5.41, 5.74) is 1.68. The van der Waals surface area contributed by atoms with Crippen molar-refractivity contribution in [2.75, 3.05) is 5.32 Å². The molecule has 0 radical (unpaired) electrons. The average molecular weight is 346 g/mol. The van der Waals surface area contributed by atoms with Gasteiger partial charge in [-0.1, -0.05) is 35.9 Å². The Labute approximate surface area is 146 Å². The van der Waals surface area contributed by atoms with Crippen molar-refractivity contribution in [1.82, 2.24) is 0 Å². The third-order valence-electron chi connectivity index (χ3n) is 3.95. The molecule has 2 aromatic rings. The van der Waals surface area contributed by atoms with Gasteiger partial charge in [-0.3, -0.25) is 9.59 Å². The van der Waals surface area contributed by atoms with Crippen LogP contribution in [0, 0.1) is 0 Å². The number of rotatable bonds is 6. The minimum atomic E-state index is -0.840. The minimum Gasteiger partial charge on any atom is -0.481 e. The van der Waals surface area contributed by atoms with Crippen LogP contribution in [0.1, 0.15) is 31.4 Å². The van der Waals surface area contributed by atoms with Crippen LogP contribution in [0.4, 0.5) is 5.69 Å². The molecule has 1 amide bonds. The summed E-state index contributed by atoms with van der Waals surface area (Å²) >= 11 is 5.90. The third-order valence-corrected chi connectivity index (χ3v) is 4.20. The van der Waals surface area contributed by atoms with Gasteiger partial charge in [0.25, 0.3) is 0 Å². The largest absolute Gasteiger partial charge is 0.481 e. The fourth-order valence-electron chi connectivity index (χ4n) is 2.34. The zero-order chi connectivity index (χ0) is 17.7. The first-order chi connectivity index (χ1) is 11.3. The first-order valence-corrected chi connectivity index (χ1v) is 8.05. The highest BCUT2D eigenvalue weighted by atomic mass is 35.5. The second-order valence-corrected chi connectivity index (χ2v) is 6.62. The third kappa shape index (κ3) is 4.59. The van der Waals surface area contributed by atoms with Crippen LogP contribution < -0.4 is 5.32 Å². The molecule has 2 rings (SSSR count). The van der Waals surface area contributed by atoms with Crippen LogP contribution in [0.5, 0.6) is 0 Å². The highest BCUT2D eigenvalue weighted by Gasteiger charge is 2.29. The van der Waals surface area contributed by atoms with Gasteiger partial charge in [0.05, 0.1) is 5.41 Å². The van der Waals surface area contributed by atoms with Gasteiger partial charge in [-0.15, -0.1) is 0 Å². The van der Waals surface area contributed by atoms with E-state index in [1.54, 1.807) is 24.3 Å². The van der Waals surface area contributed by atoms with E-state index in [0.717, 1.165) is 11.1 Å². The fourth-order valence-corrected chi connectivity index (χ4v) is 2.47. The lowest BCUT2D eigenvalue weighted by Crippen LogP contribution is -2.34. The Morgan fingerprint density at radius 2 is 1.79 bits per heavy atom. The number of carbonyl (C=O) groups is 2. The number of benzene rings is 2. The molecule has 0 aromatic heterocycles. The van der Waals surface area contributed by atoms with Crippen LogP contribution in [-0.2, 0) is 21.4 Å². The fraction of sp³-hybridized carbons (Fsp3) is 0.263. The Balaban J connectivity index is 2.12. The van der Waals surface area contributed by atoms with Crippen LogP contribution in [0.2, 0.25) is 5.02 Å². The quantitative estimate of drug-likeness (QED) is 0.821. The number of hydrogen-bond acceptors (Lipinski definition) is 2. The Morgan fingerprint density at radius 1 is 1.12 bits per heavy atom. The van der Waals surface area contributed by atoms with E-state index in [9.17, 15) is 9.59 Å². The number of aliphatic carboxylic acids is 1. The zero-order valence-corrected chi connectivity index (χ0v) is 14.4. The van der Waals surface area contributed by atoms with Gasteiger partial charge < -0.3 is 10.4 Å². The van der Waals surface area contributed by atoms with E-state index in [4.69, 9.17) is 16.7 Å². The molecule has 0 aliphatic rings. The van der Waals surface area contributed by atoms with Crippen LogP contribution in [0.3, 0.4) is 0 Å². The van der Waals surface area contributed by atoms with Gasteiger partial charge in [-0.05, 0) is 55.7 Å². The van der Waals surface area contributed by atoms with Gasteiger partial charge in [-0.25, -0.2) is 0 Å². The molecule has 4 nitrogen and oxygen atoms in total. The molecular weight excluding hydrogens is 326 g/mol.